The Labute approximate surface area is 105 Å². The molecule has 1 atom stereocenters. The molecule has 3 heteroatoms. The van der Waals surface area contributed by atoms with E-state index in [2.05, 4.69) is 52.2 Å². The molecule has 0 radical (unpaired) electrons. The van der Waals surface area contributed by atoms with Crippen LogP contribution in [0.15, 0.2) is 24.3 Å². The van der Waals surface area contributed by atoms with Gasteiger partial charge in [-0.05, 0) is 72.1 Å². The Balaban J connectivity index is 0.000000980. The van der Waals surface area contributed by atoms with Crippen LogP contribution in [0.1, 0.15) is 12.0 Å². The fraction of sp³-hybridized carbons (Fsp3) is 0.455. The van der Waals surface area contributed by atoms with Crippen molar-refractivity contribution in [2.75, 3.05) is 13.1 Å². The fourth-order valence-corrected chi connectivity index (χ4v) is 2.49. The first-order chi connectivity index (χ1) is 6.34. The molecule has 1 N–H and O–H groups in total. The van der Waals surface area contributed by atoms with Crippen molar-refractivity contribution in [2.24, 2.45) is 5.92 Å². The minimum atomic E-state index is 0. The van der Waals surface area contributed by atoms with E-state index in [1.165, 1.54) is 35.1 Å². The van der Waals surface area contributed by atoms with E-state index in [9.17, 15) is 0 Å². The molecule has 0 spiro atoms. The highest BCUT2D eigenvalue weighted by Gasteiger charge is 2.14. The quantitative estimate of drug-likeness (QED) is 0.825. The van der Waals surface area contributed by atoms with E-state index in [-0.39, 0.29) is 12.4 Å². The molecule has 0 aromatic heterocycles. The summed E-state index contributed by atoms with van der Waals surface area (Å²) in [6, 6.07) is 8.83. The van der Waals surface area contributed by atoms with Crippen molar-refractivity contribution >= 4 is 35.0 Å². The Kier molecular flexibility index (Phi) is 5.20. The lowest BCUT2D eigenvalue weighted by Gasteiger charge is -2.07. The molecule has 0 aliphatic carbocycles. The van der Waals surface area contributed by atoms with Gasteiger partial charge in [0.1, 0.15) is 0 Å². The van der Waals surface area contributed by atoms with Gasteiger partial charge in [-0.1, -0.05) is 12.1 Å². The summed E-state index contributed by atoms with van der Waals surface area (Å²) >= 11 is 2.38. The molecule has 1 aromatic rings. The van der Waals surface area contributed by atoms with Crippen molar-refractivity contribution < 1.29 is 0 Å². The highest BCUT2D eigenvalue weighted by Crippen LogP contribution is 2.16. The van der Waals surface area contributed by atoms with Crippen molar-refractivity contribution in [3.63, 3.8) is 0 Å². The second-order valence-electron chi connectivity index (χ2n) is 3.69. The molecule has 1 aliphatic heterocycles. The van der Waals surface area contributed by atoms with Gasteiger partial charge in [-0.2, -0.15) is 0 Å². The second kappa shape index (κ2) is 5.93. The van der Waals surface area contributed by atoms with Crippen molar-refractivity contribution in [3.8, 4) is 0 Å². The molecule has 1 saturated heterocycles. The fourth-order valence-electron chi connectivity index (χ4n) is 1.89. The van der Waals surface area contributed by atoms with E-state index in [1.807, 2.05) is 0 Å². The van der Waals surface area contributed by atoms with Crippen LogP contribution in [-0.2, 0) is 6.42 Å². The van der Waals surface area contributed by atoms with Crippen LogP contribution in [0.4, 0.5) is 0 Å². The summed E-state index contributed by atoms with van der Waals surface area (Å²) in [5.74, 6) is 0.859. The summed E-state index contributed by atoms with van der Waals surface area (Å²) < 4.78 is 1.35. The first-order valence-corrected chi connectivity index (χ1v) is 5.87. The molecular formula is C11H15ClIN. The smallest absolute Gasteiger partial charge is 0.0133 e. The number of hydrogen-bond donors (Lipinski definition) is 1. The van der Waals surface area contributed by atoms with Gasteiger partial charge < -0.3 is 5.32 Å². The molecule has 0 saturated carbocycles. The summed E-state index contributed by atoms with van der Waals surface area (Å²) in [5, 5.41) is 3.41. The third-order valence-electron chi connectivity index (χ3n) is 2.58. The van der Waals surface area contributed by atoms with Crippen LogP contribution in [0.2, 0.25) is 0 Å². The van der Waals surface area contributed by atoms with Crippen LogP contribution >= 0.6 is 35.0 Å². The predicted molar refractivity (Wildman–Crippen MR) is 71.1 cm³/mol. The Morgan fingerprint density at radius 3 is 2.93 bits per heavy atom. The lowest BCUT2D eigenvalue weighted by atomic mass is 9.99. The van der Waals surface area contributed by atoms with E-state index >= 15 is 0 Å². The Morgan fingerprint density at radius 1 is 1.43 bits per heavy atom. The summed E-state index contributed by atoms with van der Waals surface area (Å²) in [5.41, 5.74) is 1.49. The zero-order valence-electron chi connectivity index (χ0n) is 8.00. The number of benzene rings is 1. The van der Waals surface area contributed by atoms with Gasteiger partial charge in [0.15, 0.2) is 0 Å². The molecule has 0 amide bonds. The zero-order chi connectivity index (χ0) is 9.10. The molecule has 1 fully saturated rings. The van der Waals surface area contributed by atoms with Gasteiger partial charge in [-0.25, -0.2) is 0 Å². The van der Waals surface area contributed by atoms with Crippen molar-refractivity contribution in [1.82, 2.24) is 5.32 Å². The number of hydrogen-bond acceptors (Lipinski definition) is 1. The third kappa shape index (κ3) is 3.41. The zero-order valence-corrected chi connectivity index (χ0v) is 11.0. The van der Waals surface area contributed by atoms with E-state index in [0.717, 1.165) is 5.92 Å². The van der Waals surface area contributed by atoms with Crippen molar-refractivity contribution in [1.29, 1.82) is 0 Å². The molecule has 2 rings (SSSR count). The first kappa shape index (κ1) is 12.3. The van der Waals surface area contributed by atoms with Crippen molar-refractivity contribution in [2.45, 2.75) is 12.8 Å². The number of rotatable bonds is 2. The molecule has 1 nitrogen and oxygen atoms in total. The minimum absolute atomic E-state index is 0. The van der Waals surface area contributed by atoms with Gasteiger partial charge in [-0.3, -0.25) is 0 Å². The van der Waals surface area contributed by atoms with Gasteiger partial charge in [0.25, 0.3) is 0 Å². The van der Waals surface area contributed by atoms with Crippen LogP contribution in [0.25, 0.3) is 0 Å². The van der Waals surface area contributed by atoms with E-state index in [1.54, 1.807) is 0 Å². The first-order valence-electron chi connectivity index (χ1n) is 4.80. The molecule has 1 unspecified atom stereocenters. The Morgan fingerprint density at radius 2 is 2.29 bits per heavy atom. The molecular weight excluding hydrogens is 308 g/mol. The molecule has 78 valence electrons. The molecule has 0 bridgehead atoms. The lowest BCUT2D eigenvalue weighted by Crippen LogP contribution is -2.10. The summed E-state index contributed by atoms with van der Waals surface area (Å²) in [7, 11) is 0. The number of nitrogens with one attached hydrogen (secondary N) is 1. The van der Waals surface area contributed by atoms with Crippen molar-refractivity contribution in [3.05, 3.63) is 33.4 Å². The van der Waals surface area contributed by atoms with Gasteiger partial charge in [0.05, 0.1) is 0 Å². The Bertz CT molecular complexity index is 284. The lowest BCUT2D eigenvalue weighted by molar-refractivity contribution is 0.580. The standard InChI is InChI=1S/C11H14IN.ClH/c12-11-3-1-2-9(7-11)6-10-4-5-13-8-10;/h1-3,7,10,13H,4-6,8H2;1H. The van der Waals surface area contributed by atoms with Crippen LogP contribution in [-0.4, -0.2) is 13.1 Å². The minimum Gasteiger partial charge on any atom is -0.316 e. The second-order valence-corrected chi connectivity index (χ2v) is 4.94. The summed E-state index contributed by atoms with van der Waals surface area (Å²) in [6.07, 6.45) is 2.58. The highest BCUT2D eigenvalue weighted by molar-refractivity contribution is 14.1. The SMILES string of the molecule is Cl.Ic1cccc(CC2CCNC2)c1. The maximum atomic E-state index is 3.41. The Hall–Kier alpha value is 0.200. The largest absolute Gasteiger partial charge is 0.316 e. The van der Waals surface area contributed by atoms with Crippen LogP contribution in [0.3, 0.4) is 0 Å². The average Bonchev–Trinajstić information content (AvgIpc) is 2.57. The van der Waals surface area contributed by atoms with Gasteiger partial charge in [0.2, 0.25) is 0 Å². The normalized spacial score (nSPS) is 20.5. The summed E-state index contributed by atoms with van der Waals surface area (Å²) in [4.78, 5) is 0. The maximum Gasteiger partial charge on any atom is 0.0133 e. The van der Waals surface area contributed by atoms with Crippen LogP contribution < -0.4 is 5.32 Å². The van der Waals surface area contributed by atoms with Gasteiger partial charge >= 0.3 is 0 Å². The topological polar surface area (TPSA) is 12.0 Å². The molecule has 1 aliphatic rings. The average molecular weight is 324 g/mol. The third-order valence-corrected chi connectivity index (χ3v) is 3.25. The predicted octanol–water partition coefficient (Wildman–Crippen LogP) is 2.87. The van der Waals surface area contributed by atoms with E-state index in [0.29, 0.717) is 0 Å². The van der Waals surface area contributed by atoms with Gasteiger partial charge in [0, 0.05) is 3.57 Å². The summed E-state index contributed by atoms with van der Waals surface area (Å²) in [6.45, 7) is 2.40. The molecule has 1 aromatic carbocycles. The van der Waals surface area contributed by atoms with E-state index < -0.39 is 0 Å². The van der Waals surface area contributed by atoms with E-state index in [4.69, 9.17) is 0 Å². The number of halogens is 2. The van der Waals surface area contributed by atoms with Crippen LogP contribution in [0, 0.1) is 9.49 Å². The van der Waals surface area contributed by atoms with Crippen LogP contribution in [0.5, 0.6) is 0 Å². The van der Waals surface area contributed by atoms with Gasteiger partial charge in [-0.15, -0.1) is 12.4 Å². The maximum absolute atomic E-state index is 3.41. The monoisotopic (exact) mass is 323 g/mol. The molecule has 1 heterocycles. The highest BCUT2D eigenvalue weighted by atomic mass is 127. The molecule has 14 heavy (non-hydrogen) atoms.